The molecule has 4 aliphatic carbocycles. The van der Waals surface area contributed by atoms with Crippen molar-refractivity contribution in [2.45, 2.75) is 114 Å². The summed E-state index contributed by atoms with van der Waals surface area (Å²) in [5.74, 6) is -1.08. The highest BCUT2D eigenvalue weighted by Gasteiger charge is 2.69. The van der Waals surface area contributed by atoms with Crippen LogP contribution in [0.1, 0.15) is 79.1 Å². The van der Waals surface area contributed by atoms with Gasteiger partial charge in [-0.1, -0.05) is 13.8 Å². The molecule has 0 spiro atoms. The van der Waals surface area contributed by atoms with Crippen LogP contribution in [0, 0.1) is 28.6 Å². The second kappa shape index (κ2) is 8.58. The highest BCUT2D eigenvalue weighted by atomic mass is 16.3. The van der Waals surface area contributed by atoms with E-state index in [0.29, 0.717) is 37.7 Å². The monoisotopic (exact) mass is 496 g/mol. The van der Waals surface area contributed by atoms with Crippen LogP contribution < -0.4 is 0 Å². The van der Waals surface area contributed by atoms with E-state index in [0.717, 1.165) is 0 Å². The maximum Gasteiger partial charge on any atom is 0.159 e. The van der Waals surface area contributed by atoms with Gasteiger partial charge in [0.15, 0.2) is 5.78 Å². The zero-order valence-corrected chi connectivity index (χ0v) is 21.4. The van der Waals surface area contributed by atoms with Crippen LogP contribution in [-0.4, -0.2) is 83.3 Å². The van der Waals surface area contributed by atoms with E-state index in [1.165, 1.54) is 6.92 Å². The number of fused-ring (bicyclic) bond motifs is 5. The van der Waals surface area contributed by atoms with Crippen molar-refractivity contribution in [3.05, 3.63) is 11.6 Å². The fourth-order valence-corrected chi connectivity index (χ4v) is 8.36. The molecular weight excluding hydrogens is 452 g/mol. The first-order valence-corrected chi connectivity index (χ1v) is 13.1. The third-order valence-corrected chi connectivity index (χ3v) is 10.8. The minimum absolute atomic E-state index is 0.0926. The van der Waals surface area contributed by atoms with E-state index in [1.807, 2.05) is 13.8 Å². The number of allylic oxidation sites excluding steroid dienone is 1. The summed E-state index contributed by atoms with van der Waals surface area (Å²) in [6.45, 7) is 6.54. The molecule has 0 bridgehead atoms. The van der Waals surface area contributed by atoms with E-state index < -0.39 is 64.4 Å². The number of aliphatic hydroxyl groups excluding tert-OH is 4. The molecule has 0 aromatic carbocycles. The van der Waals surface area contributed by atoms with Crippen molar-refractivity contribution in [1.82, 2.24) is 0 Å². The van der Waals surface area contributed by atoms with Crippen LogP contribution in [0.15, 0.2) is 11.6 Å². The average molecular weight is 497 g/mol. The van der Waals surface area contributed by atoms with Gasteiger partial charge in [-0.3, -0.25) is 4.79 Å². The molecular formula is C27H44O8. The molecule has 0 aromatic rings. The van der Waals surface area contributed by atoms with Crippen LogP contribution in [0.4, 0.5) is 0 Å². The summed E-state index contributed by atoms with van der Waals surface area (Å²) < 4.78 is 0. The molecule has 7 N–H and O–H groups in total. The summed E-state index contributed by atoms with van der Waals surface area (Å²) in [5, 5.41) is 74.9. The molecule has 8 heteroatoms. The summed E-state index contributed by atoms with van der Waals surface area (Å²) >= 11 is 0. The fraction of sp³-hybridized carbons (Fsp3) is 0.889. The Morgan fingerprint density at radius 1 is 1.09 bits per heavy atom. The Balaban J connectivity index is 1.64. The summed E-state index contributed by atoms with van der Waals surface area (Å²) in [6, 6.07) is 0. The van der Waals surface area contributed by atoms with Crippen molar-refractivity contribution in [3.8, 4) is 0 Å². The summed E-state index contributed by atoms with van der Waals surface area (Å²) in [4.78, 5) is 13.3. The zero-order valence-electron chi connectivity index (χ0n) is 21.4. The van der Waals surface area contributed by atoms with Crippen LogP contribution in [0.3, 0.4) is 0 Å². The average Bonchev–Trinajstić information content (AvgIpc) is 3.06. The van der Waals surface area contributed by atoms with E-state index in [4.69, 9.17) is 0 Å². The van der Waals surface area contributed by atoms with Gasteiger partial charge in [-0.25, -0.2) is 0 Å². The third kappa shape index (κ3) is 3.95. The number of carbonyl (C=O) groups excluding carboxylic acids is 1. The molecule has 11 atom stereocenters. The molecule has 0 aliphatic heterocycles. The highest BCUT2D eigenvalue weighted by Crippen LogP contribution is 2.68. The number of hydrogen-bond acceptors (Lipinski definition) is 8. The molecule has 3 saturated carbocycles. The lowest BCUT2D eigenvalue weighted by Gasteiger charge is -2.60. The largest absolute Gasteiger partial charge is 0.393 e. The number of hydrogen-bond donors (Lipinski definition) is 7. The highest BCUT2D eigenvalue weighted by molar-refractivity contribution is 5.95. The van der Waals surface area contributed by atoms with Crippen LogP contribution >= 0.6 is 0 Å². The van der Waals surface area contributed by atoms with Gasteiger partial charge in [0, 0.05) is 11.3 Å². The Labute approximate surface area is 207 Å². The molecule has 0 saturated heterocycles. The second-order valence-corrected chi connectivity index (χ2v) is 13.0. The van der Waals surface area contributed by atoms with E-state index in [-0.39, 0.29) is 31.0 Å². The van der Waals surface area contributed by atoms with E-state index in [2.05, 4.69) is 0 Å². The minimum Gasteiger partial charge on any atom is -0.393 e. The first kappa shape index (κ1) is 27.2. The van der Waals surface area contributed by atoms with Crippen molar-refractivity contribution in [2.75, 3.05) is 6.61 Å². The van der Waals surface area contributed by atoms with Crippen LogP contribution in [0.5, 0.6) is 0 Å². The van der Waals surface area contributed by atoms with Crippen molar-refractivity contribution >= 4 is 5.78 Å². The predicted octanol–water partition coefficient (Wildman–Crippen LogP) is 0.826. The lowest BCUT2D eigenvalue weighted by molar-refractivity contribution is -0.177. The Bertz CT molecular complexity index is 882. The second-order valence-electron chi connectivity index (χ2n) is 13.0. The molecule has 0 heterocycles. The smallest absolute Gasteiger partial charge is 0.159 e. The molecule has 8 nitrogen and oxygen atoms in total. The van der Waals surface area contributed by atoms with Gasteiger partial charge in [-0.15, -0.1) is 0 Å². The van der Waals surface area contributed by atoms with Crippen molar-refractivity contribution in [2.24, 2.45) is 28.6 Å². The number of aliphatic hydroxyl groups is 7. The Morgan fingerprint density at radius 3 is 2.37 bits per heavy atom. The Kier molecular flexibility index (Phi) is 6.66. The molecule has 0 radical (unpaired) electrons. The van der Waals surface area contributed by atoms with Crippen LogP contribution in [0.25, 0.3) is 0 Å². The quantitative estimate of drug-likeness (QED) is 0.285. The Morgan fingerprint density at radius 2 is 1.74 bits per heavy atom. The third-order valence-electron chi connectivity index (χ3n) is 10.8. The zero-order chi connectivity index (χ0) is 26.2. The summed E-state index contributed by atoms with van der Waals surface area (Å²) in [5.41, 5.74) is -4.90. The van der Waals surface area contributed by atoms with Gasteiger partial charge in [0.2, 0.25) is 0 Å². The van der Waals surface area contributed by atoms with Gasteiger partial charge in [0.25, 0.3) is 0 Å². The normalized spacial score (nSPS) is 47.6. The molecule has 0 unspecified atom stereocenters. The van der Waals surface area contributed by atoms with Gasteiger partial charge < -0.3 is 35.7 Å². The lowest BCUT2D eigenvalue weighted by atomic mass is 9.45. The van der Waals surface area contributed by atoms with E-state index in [9.17, 15) is 40.5 Å². The van der Waals surface area contributed by atoms with Crippen LogP contribution in [0.2, 0.25) is 0 Å². The maximum absolute atomic E-state index is 13.3. The van der Waals surface area contributed by atoms with Crippen molar-refractivity contribution in [1.29, 1.82) is 0 Å². The van der Waals surface area contributed by atoms with Gasteiger partial charge >= 0.3 is 0 Å². The van der Waals surface area contributed by atoms with Crippen LogP contribution in [-0.2, 0) is 4.79 Å². The summed E-state index contributed by atoms with van der Waals surface area (Å²) in [6.07, 6.45) is 1.37. The molecule has 0 amide bonds. The Hall–Kier alpha value is -0.870. The number of ketones is 1. The van der Waals surface area contributed by atoms with E-state index >= 15 is 0 Å². The molecule has 35 heavy (non-hydrogen) atoms. The lowest BCUT2D eigenvalue weighted by Crippen LogP contribution is -2.62. The first-order valence-electron chi connectivity index (χ1n) is 13.1. The first-order chi connectivity index (χ1) is 16.0. The van der Waals surface area contributed by atoms with Crippen molar-refractivity contribution < 1.29 is 40.5 Å². The van der Waals surface area contributed by atoms with E-state index in [1.54, 1.807) is 13.0 Å². The van der Waals surface area contributed by atoms with Gasteiger partial charge in [0.1, 0.15) is 0 Å². The molecule has 4 rings (SSSR count). The van der Waals surface area contributed by atoms with Gasteiger partial charge in [-0.2, -0.15) is 0 Å². The van der Waals surface area contributed by atoms with Gasteiger partial charge in [0.05, 0.1) is 41.7 Å². The molecule has 4 aliphatic rings. The maximum atomic E-state index is 13.3. The standard InChI is InChI=1S/C27H44O8/c1-23(33,14-28)8-7-22(32)26(4,34)21-6-10-27(35)16-11-18(29)17-12-19(30)20(31)13-24(17,2)15(16)5-9-25(21,27)3/h11,15,17,19-22,28,30-35H,5-10,12-14H2,1-4H3/t15-,17-,19+,20-,21-,22-,23-,24+,25+,26+,27+/m0/s1. The van der Waals surface area contributed by atoms with Gasteiger partial charge in [-0.05, 0) is 94.1 Å². The SMILES string of the molecule is C[C@@](O)(CO)CC[C@H](O)[C@](C)(O)[C@H]1CC[C@@]2(O)C3=CC(=O)[C@@H]4C[C@@H](O)[C@@H](O)C[C@]4(C)[C@H]3CC[C@]12C. The molecule has 3 fully saturated rings. The van der Waals surface area contributed by atoms with Crippen molar-refractivity contribution in [3.63, 3.8) is 0 Å². The minimum atomic E-state index is -1.55. The summed E-state index contributed by atoms with van der Waals surface area (Å²) in [7, 11) is 0. The molecule has 0 aromatic heterocycles. The number of rotatable bonds is 6. The topological polar surface area (TPSA) is 159 Å². The number of carbonyl (C=O) groups is 1. The molecule has 200 valence electrons. The predicted molar refractivity (Wildman–Crippen MR) is 128 cm³/mol. The fourth-order valence-electron chi connectivity index (χ4n) is 8.36.